The molecule has 1 saturated heterocycles. The first-order valence-corrected chi connectivity index (χ1v) is 9.29. The van der Waals surface area contributed by atoms with E-state index in [1.165, 1.54) is 12.1 Å². The molecule has 2 heterocycles. The quantitative estimate of drug-likeness (QED) is 0.811. The van der Waals surface area contributed by atoms with Crippen molar-refractivity contribution in [2.75, 3.05) is 31.1 Å². The second-order valence-electron chi connectivity index (χ2n) is 7.18. The number of benzene rings is 1. The molecule has 4 rings (SSSR count). The molecule has 0 atom stereocenters. The Bertz CT molecular complexity index is 906. The topological polar surface area (TPSA) is 73.1 Å². The Kier molecular flexibility index (Phi) is 4.90. The van der Waals surface area contributed by atoms with Crippen molar-refractivity contribution in [2.45, 2.75) is 25.2 Å². The Morgan fingerprint density at radius 2 is 1.79 bits per heavy atom. The predicted octanol–water partition coefficient (Wildman–Crippen LogP) is 2.40. The smallest absolute Gasteiger partial charge is 0.227 e. The van der Waals surface area contributed by atoms with Gasteiger partial charge in [0, 0.05) is 31.7 Å². The molecular weight excluding hydrogens is 364 g/mol. The lowest BCUT2D eigenvalue weighted by Gasteiger charge is -2.35. The van der Waals surface area contributed by atoms with E-state index < -0.39 is 11.6 Å². The van der Waals surface area contributed by atoms with E-state index in [0.717, 1.165) is 12.8 Å². The van der Waals surface area contributed by atoms with E-state index in [1.54, 1.807) is 17.0 Å². The van der Waals surface area contributed by atoms with Gasteiger partial charge < -0.3 is 9.80 Å². The van der Waals surface area contributed by atoms with Gasteiger partial charge in [0.1, 0.15) is 17.7 Å². The van der Waals surface area contributed by atoms with Gasteiger partial charge in [0.25, 0.3) is 0 Å². The molecule has 6 nitrogen and oxygen atoms in total. The number of aromatic nitrogens is 2. The minimum atomic E-state index is -0.547. The summed E-state index contributed by atoms with van der Waals surface area (Å²) in [5.41, 5.74) is 0.780. The number of nitrogens with zero attached hydrogens (tertiary/aromatic N) is 5. The summed E-state index contributed by atoms with van der Waals surface area (Å²) in [5, 5.41) is 16.6. The van der Waals surface area contributed by atoms with Crippen molar-refractivity contribution in [3.8, 4) is 6.07 Å². The zero-order valence-electron chi connectivity index (χ0n) is 15.2. The fourth-order valence-electron chi connectivity index (χ4n) is 3.53. The number of piperazine rings is 1. The summed E-state index contributed by atoms with van der Waals surface area (Å²) in [7, 11) is 0. The minimum absolute atomic E-state index is 0.0110. The first-order chi connectivity index (χ1) is 13.5. The van der Waals surface area contributed by atoms with Crippen LogP contribution in [0.25, 0.3) is 0 Å². The molecule has 1 aliphatic carbocycles. The zero-order valence-corrected chi connectivity index (χ0v) is 15.2. The summed E-state index contributed by atoms with van der Waals surface area (Å²) in [6.45, 7) is 2.14. The molecule has 1 aliphatic heterocycles. The minimum Gasteiger partial charge on any atom is -0.352 e. The summed E-state index contributed by atoms with van der Waals surface area (Å²) < 4.78 is 28.4. The van der Waals surface area contributed by atoms with E-state index in [1.807, 2.05) is 11.0 Å². The van der Waals surface area contributed by atoms with Gasteiger partial charge in [-0.15, -0.1) is 10.2 Å². The Balaban J connectivity index is 1.36. The Labute approximate surface area is 161 Å². The van der Waals surface area contributed by atoms with Crippen LogP contribution in [0.1, 0.15) is 35.6 Å². The first kappa shape index (κ1) is 18.3. The summed E-state index contributed by atoms with van der Waals surface area (Å²) in [6.07, 6.45) is 1.62. The van der Waals surface area contributed by atoms with Gasteiger partial charge in [-0.25, -0.2) is 8.78 Å². The second-order valence-corrected chi connectivity index (χ2v) is 7.18. The van der Waals surface area contributed by atoms with Crippen molar-refractivity contribution in [3.63, 3.8) is 0 Å². The van der Waals surface area contributed by atoms with Crippen molar-refractivity contribution in [2.24, 2.45) is 0 Å². The number of hydrogen-bond acceptors (Lipinski definition) is 5. The van der Waals surface area contributed by atoms with Gasteiger partial charge in [0.05, 0.1) is 6.42 Å². The van der Waals surface area contributed by atoms with E-state index >= 15 is 0 Å². The van der Waals surface area contributed by atoms with Crippen molar-refractivity contribution in [1.82, 2.24) is 15.1 Å². The molecule has 0 spiro atoms. The number of anilines is 1. The molecule has 8 heteroatoms. The van der Waals surface area contributed by atoms with Gasteiger partial charge in [0.15, 0.2) is 11.5 Å². The molecule has 1 amide bonds. The van der Waals surface area contributed by atoms with Gasteiger partial charge in [0.2, 0.25) is 5.91 Å². The maximum Gasteiger partial charge on any atom is 0.227 e. The zero-order chi connectivity index (χ0) is 19.7. The van der Waals surface area contributed by atoms with Gasteiger partial charge in [-0.3, -0.25) is 4.79 Å². The highest BCUT2D eigenvalue weighted by atomic mass is 19.1. The van der Waals surface area contributed by atoms with Crippen LogP contribution in [-0.4, -0.2) is 47.2 Å². The number of carbonyl (C=O) groups is 1. The van der Waals surface area contributed by atoms with Gasteiger partial charge in [-0.2, -0.15) is 5.26 Å². The number of rotatable bonds is 4. The Hall–Kier alpha value is -3.08. The highest BCUT2D eigenvalue weighted by molar-refractivity contribution is 5.79. The summed E-state index contributed by atoms with van der Waals surface area (Å²) in [5.74, 6) is -0.596. The third-order valence-corrected chi connectivity index (χ3v) is 5.20. The van der Waals surface area contributed by atoms with Crippen molar-refractivity contribution < 1.29 is 13.6 Å². The van der Waals surface area contributed by atoms with Crippen molar-refractivity contribution in [3.05, 3.63) is 52.7 Å². The van der Waals surface area contributed by atoms with Crippen LogP contribution < -0.4 is 4.90 Å². The molecular formula is C20H19F2N5O. The molecule has 2 aromatic rings. The lowest BCUT2D eigenvalue weighted by molar-refractivity contribution is -0.130. The summed E-state index contributed by atoms with van der Waals surface area (Å²) in [4.78, 5) is 16.2. The molecule has 144 valence electrons. The fraction of sp³-hybridized carbons (Fsp3) is 0.400. The predicted molar refractivity (Wildman–Crippen MR) is 97.6 cm³/mol. The lowest BCUT2D eigenvalue weighted by Crippen LogP contribution is -2.49. The van der Waals surface area contributed by atoms with E-state index in [0.29, 0.717) is 37.6 Å². The van der Waals surface area contributed by atoms with Crippen LogP contribution in [0.3, 0.4) is 0 Å². The van der Waals surface area contributed by atoms with Gasteiger partial charge in [-0.1, -0.05) is 0 Å². The standard InChI is InChI=1S/C20H19F2N5O/c21-16-9-13(10-17(22)20(16)14-1-2-14)11-19(28)27-7-5-26(6-8-27)18-4-3-15(12-23)24-25-18/h3-4,9-10,14H,1-2,5-8,11H2. The van der Waals surface area contributed by atoms with Crippen LogP contribution in [0.15, 0.2) is 24.3 Å². The Morgan fingerprint density at radius 3 is 2.32 bits per heavy atom. The molecule has 0 unspecified atom stereocenters. The highest BCUT2D eigenvalue weighted by Crippen LogP contribution is 2.42. The molecule has 2 aliphatic rings. The third kappa shape index (κ3) is 3.79. The first-order valence-electron chi connectivity index (χ1n) is 9.29. The second kappa shape index (κ2) is 7.50. The van der Waals surface area contributed by atoms with Gasteiger partial charge in [-0.05, 0) is 48.6 Å². The van der Waals surface area contributed by atoms with Crippen LogP contribution in [0.2, 0.25) is 0 Å². The van der Waals surface area contributed by atoms with Crippen LogP contribution in [0, 0.1) is 23.0 Å². The number of halogens is 2. The average Bonchev–Trinajstić information content (AvgIpc) is 3.52. The fourth-order valence-corrected chi connectivity index (χ4v) is 3.53. The van der Waals surface area contributed by atoms with Crippen LogP contribution in [0.4, 0.5) is 14.6 Å². The maximum atomic E-state index is 14.2. The Morgan fingerprint density at radius 1 is 1.11 bits per heavy atom. The molecule has 28 heavy (non-hydrogen) atoms. The van der Waals surface area contributed by atoms with E-state index in [4.69, 9.17) is 5.26 Å². The maximum absolute atomic E-state index is 14.2. The van der Waals surface area contributed by atoms with Crippen molar-refractivity contribution >= 4 is 11.7 Å². The summed E-state index contributed by atoms with van der Waals surface area (Å²) >= 11 is 0. The van der Waals surface area contributed by atoms with Crippen molar-refractivity contribution in [1.29, 1.82) is 5.26 Å². The summed E-state index contributed by atoms with van der Waals surface area (Å²) in [6, 6.07) is 7.84. The van der Waals surface area contributed by atoms with E-state index in [-0.39, 0.29) is 29.5 Å². The normalized spacial score (nSPS) is 16.8. The number of hydrogen-bond donors (Lipinski definition) is 0. The number of nitriles is 1. The number of carbonyl (C=O) groups excluding carboxylic acids is 1. The molecule has 0 bridgehead atoms. The monoisotopic (exact) mass is 383 g/mol. The van der Waals surface area contributed by atoms with Gasteiger partial charge >= 0.3 is 0 Å². The molecule has 0 N–H and O–H groups in total. The average molecular weight is 383 g/mol. The van der Waals surface area contributed by atoms with E-state index in [2.05, 4.69) is 10.2 Å². The van der Waals surface area contributed by atoms with Crippen LogP contribution in [-0.2, 0) is 11.2 Å². The SMILES string of the molecule is N#Cc1ccc(N2CCN(C(=O)Cc3cc(F)c(C4CC4)c(F)c3)CC2)nn1. The molecule has 2 fully saturated rings. The lowest BCUT2D eigenvalue weighted by atomic mass is 10.0. The molecule has 0 radical (unpaired) electrons. The van der Waals surface area contributed by atoms with Crippen LogP contribution >= 0.6 is 0 Å². The third-order valence-electron chi connectivity index (χ3n) is 5.20. The highest BCUT2D eigenvalue weighted by Gasteiger charge is 2.30. The number of amides is 1. The molecule has 1 aromatic carbocycles. The largest absolute Gasteiger partial charge is 0.352 e. The van der Waals surface area contributed by atoms with E-state index in [9.17, 15) is 13.6 Å². The molecule has 1 aromatic heterocycles. The molecule has 1 saturated carbocycles. The van der Waals surface area contributed by atoms with Crippen LogP contribution in [0.5, 0.6) is 0 Å².